The number of unbranched alkanes of at least 4 members (excludes halogenated alkanes) is 2. The van der Waals surface area contributed by atoms with Gasteiger partial charge >= 0.3 is 0 Å². The number of nitrogens with zero attached hydrogens (tertiary/aromatic N) is 4. The standard InChI is InChI=1S/C6H9N5S/c7-4-2-1-3-5-8-6-9-10-11-12-6/h1-3,5H2,(H,8,9,11). The second kappa shape index (κ2) is 5.43. The molecule has 1 aromatic heterocycles. The fourth-order valence-electron chi connectivity index (χ4n) is 0.726. The maximum Gasteiger partial charge on any atom is 0.225 e. The molecule has 64 valence electrons. The van der Waals surface area contributed by atoms with Crippen molar-refractivity contribution in [1.82, 2.24) is 14.8 Å². The fourth-order valence-corrected chi connectivity index (χ4v) is 1.12. The van der Waals surface area contributed by atoms with Crippen LogP contribution in [-0.2, 0) is 0 Å². The van der Waals surface area contributed by atoms with Crippen LogP contribution in [-0.4, -0.2) is 21.3 Å². The Morgan fingerprint density at radius 2 is 2.42 bits per heavy atom. The Bertz CT molecular complexity index is 239. The van der Waals surface area contributed by atoms with Crippen molar-refractivity contribution in [3.8, 4) is 6.07 Å². The highest BCUT2D eigenvalue weighted by Crippen LogP contribution is 2.04. The van der Waals surface area contributed by atoms with Gasteiger partial charge in [-0.1, -0.05) is 9.59 Å². The molecule has 12 heavy (non-hydrogen) atoms. The normalized spacial score (nSPS) is 9.25. The number of nitriles is 1. The first-order valence-electron chi connectivity index (χ1n) is 3.69. The van der Waals surface area contributed by atoms with Gasteiger partial charge in [-0.2, -0.15) is 5.26 Å². The van der Waals surface area contributed by atoms with Crippen LogP contribution < -0.4 is 5.32 Å². The summed E-state index contributed by atoms with van der Waals surface area (Å²) in [5, 5.41) is 19.2. The minimum atomic E-state index is 0.621. The third-order valence-corrected chi connectivity index (χ3v) is 1.84. The molecule has 6 heteroatoms. The lowest BCUT2D eigenvalue weighted by atomic mass is 10.2. The maximum absolute atomic E-state index is 8.25. The van der Waals surface area contributed by atoms with E-state index in [1.165, 1.54) is 11.5 Å². The molecule has 0 spiro atoms. The molecule has 0 bridgehead atoms. The van der Waals surface area contributed by atoms with E-state index in [1.54, 1.807) is 0 Å². The topological polar surface area (TPSA) is 74.5 Å². The monoisotopic (exact) mass is 183 g/mol. The van der Waals surface area contributed by atoms with Crippen LogP contribution >= 0.6 is 11.5 Å². The Balaban J connectivity index is 2.01. The molecular formula is C6H9N5S. The van der Waals surface area contributed by atoms with Crippen LogP contribution in [0.25, 0.3) is 0 Å². The molecule has 0 aromatic carbocycles. The lowest BCUT2D eigenvalue weighted by Crippen LogP contribution is -2.00. The van der Waals surface area contributed by atoms with E-state index in [4.69, 9.17) is 5.26 Å². The number of hydrogen-bond donors (Lipinski definition) is 1. The second-order valence-electron chi connectivity index (χ2n) is 2.21. The van der Waals surface area contributed by atoms with Crippen LogP contribution in [0.2, 0.25) is 0 Å². The van der Waals surface area contributed by atoms with E-state index in [2.05, 4.69) is 26.2 Å². The van der Waals surface area contributed by atoms with E-state index >= 15 is 0 Å². The molecule has 0 atom stereocenters. The first kappa shape index (κ1) is 8.87. The molecule has 5 nitrogen and oxygen atoms in total. The molecule has 1 heterocycles. The van der Waals surface area contributed by atoms with Crippen LogP contribution in [0, 0.1) is 11.3 Å². The SMILES string of the molecule is N#CCCCCNc1nnns1. The predicted octanol–water partition coefficient (Wildman–Crippen LogP) is 1.04. The van der Waals surface area contributed by atoms with Gasteiger partial charge in [0.25, 0.3) is 0 Å². The molecule has 1 N–H and O–H groups in total. The number of hydrogen-bond acceptors (Lipinski definition) is 6. The summed E-state index contributed by atoms with van der Waals surface area (Å²) in [7, 11) is 0. The smallest absolute Gasteiger partial charge is 0.225 e. The van der Waals surface area contributed by atoms with Crippen molar-refractivity contribution in [3.63, 3.8) is 0 Å². The van der Waals surface area contributed by atoms with Gasteiger partial charge in [0.1, 0.15) is 0 Å². The Labute approximate surface area is 74.6 Å². The first-order chi connectivity index (χ1) is 5.93. The lowest BCUT2D eigenvalue weighted by Gasteiger charge is -1.97. The fraction of sp³-hybridized carbons (Fsp3) is 0.667. The van der Waals surface area contributed by atoms with Crippen molar-refractivity contribution in [3.05, 3.63) is 0 Å². The third-order valence-electron chi connectivity index (χ3n) is 1.29. The van der Waals surface area contributed by atoms with Gasteiger partial charge in [0.2, 0.25) is 5.13 Å². The summed E-state index contributed by atoms with van der Waals surface area (Å²) in [5.41, 5.74) is 0. The molecule has 0 saturated heterocycles. The number of aromatic nitrogens is 3. The van der Waals surface area contributed by atoms with Gasteiger partial charge in [0.15, 0.2) is 0 Å². The molecule has 0 aliphatic heterocycles. The van der Waals surface area contributed by atoms with E-state index in [1.807, 2.05) is 0 Å². The van der Waals surface area contributed by atoms with Crippen LogP contribution in [0.3, 0.4) is 0 Å². The van der Waals surface area contributed by atoms with Crippen molar-refractivity contribution >= 4 is 16.7 Å². The third kappa shape index (κ3) is 3.25. The zero-order chi connectivity index (χ0) is 8.65. The van der Waals surface area contributed by atoms with E-state index in [-0.39, 0.29) is 0 Å². The molecule has 0 amide bonds. The van der Waals surface area contributed by atoms with Crippen molar-refractivity contribution in [2.24, 2.45) is 0 Å². The van der Waals surface area contributed by atoms with Gasteiger partial charge in [-0.25, -0.2) is 0 Å². The summed E-state index contributed by atoms with van der Waals surface area (Å²) in [5.74, 6) is 0. The maximum atomic E-state index is 8.25. The van der Waals surface area contributed by atoms with Gasteiger partial charge in [-0.3, -0.25) is 0 Å². The van der Waals surface area contributed by atoms with Crippen LogP contribution in [0.5, 0.6) is 0 Å². The number of nitrogens with one attached hydrogen (secondary N) is 1. The summed E-state index contributed by atoms with van der Waals surface area (Å²) >= 11 is 1.24. The van der Waals surface area contributed by atoms with Crippen molar-refractivity contribution in [2.75, 3.05) is 11.9 Å². The van der Waals surface area contributed by atoms with Crippen LogP contribution in [0.1, 0.15) is 19.3 Å². The average Bonchev–Trinajstić information content (AvgIpc) is 2.57. The summed E-state index contributed by atoms with van der Waals surface area (Å²) in [6.45, 7) is 0.832. The lowest BCUT2D eigenvalue weighted by molar-refractivity contribution is 0.782. The summed E-state index contributed by atoms with van der Waals surface area (Å²) in [4.78, 5) is 0. The van der Waals surface area contributed by atoms with Crippen molar-refractivity contribution < 1.29 is 0 Å². The Hall–Kier alpha value is -1.22. The number of rotatable bonds is 5. The molecule has 0 saturated carbocycles. The Kier molecular flexibility index (Phi) is 4.02. The van der Waals surface area contributed by atoms with Gasteiger partial charge in [-0.05, 0) is 18.1 Å². The first-order valence-corrected chi connectivity index (χ1v) is 4.46. The largest absolute Gasteiger partial charge is 0.359 e. The number of anilines is 1. The minimum absolute atomic E-state index is 0.621. The zero-order valence-electron chi connectivity index (χ0n) is 6.53. The minimum Gasteiger partial charge on any atom is -0.359 e. The zero-order valence-corrected chi connectivity index (χ0v) is 7.34. The average molecular weight is 183 g/mol. The van der Waals surface area contributed by atoms with E-state index in [0.717, 1.165) is 24.5 Å². The summed E-state index contributed by atoms with van der Waals surface area (Å²) < 4.78 is 3.60. The molecule has 0 fully saturated rings. The molecule has 0 radical (unpaired) electrons. The van der Waals surface area contributed by atoms with Gasteiger partial charge < -0.3 is 5.32 Å². The van der Waals surface area contributed by atoms with E-state index in [0.29, 0.717) is 6.42 Å². The molecule has 1 aromatic rings. The second-order valence-corrected chi connectivity index (χ2v) is 2.94. The molecule has 0 aliphatic rings. The Morgan fingerprint density at radius 3 is 3.08 bits per heavy atom. The van der Waals surface area contributed by atoms with E-state index < -0.39 is 0 Å². The van der Waals surface area contributed by atoms with Gasteiger partial charge in [0.05, 0.1) is 6.07 Å². The highest BCUT2D eigenvalue weighted by molar-refractivity contribution is 7.09. The summed E-state index contributed by atoms with van der Waals surface area (Å²) in [6.07, 6.45) is 2.53. The molecule has 0 aliphatic carbocycles. The van der Waals surface area contributed by atoms with Gasteiger partial charge in [-0.15, -0.1) is 0 Å². The van der Waals surface area contributed by atoms with Crippen LogP contribution in [0.15, 0.2) is 0 Å². The van der Waals surface area contributed by atoms with Gasteiger partial charge in [0, 0.05) is 24.5 Å². The van der Waals surface area contributed by atoms with Crippen molar-refractivity contribution in [2.45, 2.75) is 19.3 Å². The molecule has 1 rings (SSSR count). The highest BCUT2D eigenvalue weighted by atomic mass is 32.1. The Morgan fingerprint density at radius 1 is 1.50 bits per heavy atom. The highest BCUT2D eigenvalue weighted by Gasteiger charge is 1.94. The summed E-state index contributed by atoms with van der Waals surface area (Å²) in [6, 6.07) is 2.10. The quantitative estimate of drug-likeness (QED) is 0.690. The molecular weight excluding hydrogens is 174 g/mol. The predicted molar refractivity (Wildman–Crippen MR) is 45.7 cm³/mol. The van der Waals surface area contributed by atoms with Crippen molar-refractivity contribution in [1.29, 1.82) is 5.26 Å². The molecule has 0 unspecified atom stereocenters. The van der Waals surface area contributed by atoms with E-state index in [9.17, 15) is 0 Å². The van der Waals surface area contributed by atoms with Crippen LogP contribution in [0.4, 0.5) is 5.13 Å².